The van der Waals surface area contributed by atoms with E-state index >= 15 is 0 Å². The summed E-state index contributed by atoms with van der Waals surface area (Å²) in [6.45, 7) is 5.11. The number of carbonyl (C=O) groups is 1. The van der Waals surface area contributed by atoms with Gasteiger partial charge in [-0.25, -0.2) is 12.9 Å². The monoisotopic (exact) mass is 518 g/mol. The van der Waals surface area contributed by atoms with Crippen LogP contribution in [-0.4, -0.2) is 54.2 Å². The third-order valence-electron chi connectivity index (χ3n) is 6.18. The Hall–Kier alpha value is -2.82. The summed E-state index contributed by atoms with van der Waals surface area (Å²) >= 11 is 6.18. The van der Waals surface area contributed by atoms with Gasteiger partial charge in [-0.15, -0.1) is 0 Å². The molecule has 1 unspecified atom stereocenters. The molecule has 188 valence electrons. The van der Waals surface area contributed by atoms with Crippen molar-refractivity contribution in [2.45, 2.75) is 45.2 Å². The molecule has 3 aromatic rings. The van der Waals surface area contributed by atoms with Crippen LogP contribution < -0.4 is 15.8 Å². The Morgan fingerprint density at radius 1 is 1.26 bits per heavy atom. The topological polar surface area (TPSA) is 122 Å². The number of hydrogen-bond donors (Lipinski definition) is 3. The summed E-state index contributed by atoms with van der Waals surface area (Å²) in [5.74, 6) is -0.282. The van der Waals surface area contributed by atoms with Gasteiger partial charge in [0.1, 0.15) is 0 Å². The number of nitrogens with zero attached hydrogens (tertiary/aromatic N) is 3. The van der Waals surface area contributed by atoms with E-state index in [0.717, 1.165) is 48.0 Å². The Labute approximate surface area is 210 Å². The number of piperidine rings is 1. The maximum Gasteiger partial charge on any atom is 0.256 e. The molecule has 4 N–H and O–H groups in total. The fourth-order valence-electron chi connectivity index (χ4n) is 4.42. The lowest BCUT2D eigenvalue weighted by Gasteiger charge is -2.35. The van der Waals surface area contributed by atoms with Crippen LogP contribution >= 0.6 is 11.6 Å². The first kappa shape index (κ1) is 25.3. The molecule has 2 atom stereocenters. The highest BCUT2D eigenvalue weighted by Gasteiger charge is 2.32. The van der Waals surface area contributed by atoms with Crippen molar-refractivity contribution in [2.24, 2.45) is 5.73 Å². The van der Waals surface area contributed by atoms with E-state index in [-0.39, 0.29) is 29.2 Å². The first-order valence-corrected chi connectivity index (χ1v) is 13.9. The molecule has 1 aliphatic rings. The Bertz CT molecular complexity index is 1360. The number of anilines is 2. The molecule has 2 aromatic heterocycles. The predicted molar refractivity (Wildman–Crippen MR) is 140 cm³/mol. The highest BCUT2D eigenvalue weighted by Crippen LogP contribution is 2.34. The lowest BCUT2D eigenvalue weighted by molar-refractivity contribution is 0.0607. The van der Waals surface area contributed by atoms with Gasteiger partial charge in [0.05, 0.1) is 34.8 Å². The highest BCUT2D eigenvalue weighted by atomic mass is 35.5. The van der Waals surface area contributed by atoms with Gasteiger partial charge in [-0.2, -0.15) is 5.10 Å². The molecule has 3 heterocycles. The van der Waals surface area contributed by atoms with E-state index in [9.17, 15) is 13.2 Å². The first-order valence-electron chi connectivity index (χ1n) is 11.6. The molecule has 0 saturated carbocycles. The van der Waals surface area contributed by atoms with Gasteiger partial charge in [0.15, 0.2) is 0 Å². The first-order chi connectivity index (χ1) is 16.6. The van der Waals surface area contributed by atoms with Crippen molar-refractivity contribution in [1.29, 1.82) is 0 Å². The van der Waals surface area contributed by atoms with Crippen LogP contribution in [0.15, 0.2) is 36.5 Å². The van der Waals surface area contributed by atoms with Crippen LogP contribution in [-0.2, 0) is 10.0 Å². The minimum atomic E-state index is -3.57. The summed E-state index contributed by atoms with van der Waals surface area (Å²) in [6.07, 6.45) is 5.60. The van der Waals surface area contributed by atoms with Crippen LogP contribution in [0.4, 0.5) is 11.4 Å². The number of sulfonamides is 1. The molecule has 1 aromatic carbocycles. The van der Waals surface area contributed by atoms with Gasteiger partial charge in [0.25, 0.3) is 5.91 Å². The molecule has 0 spiro atoms. The van der Waals surface area contributed by atoms with Gasteiger partial charge < -0.3 is 16.0 Å². The molecular weight excluding hydrogens is 488 g/mol. The maximum absolute atomic E-state index is 13.7. The van der Waals surface area contributed by atoms with Crippen LogP contribution in [0.1, 0.15) is 53.8 Å². The molecule has 4 rings (SSSR count). The van der Waals surface area contributed by atoms with Crippen molar-refractivity contribution >= 4 is 44.4 Å². The van der Waals surface area contributed by atoms with E-state index in [1.807, 2.05) is 36.7 Å². The van der Waals surface area contributed by atoms with E-state index in [4.69, 9.17) is 22.4 Å². The number of nitrogens with one attached hydrogen (secondary N) is 2. The number of aromatic nitrogens is 2. The number of carbonyl (C=O) groups excluding carboxylic acids is 1. The minimum Gasteiger partial charge on any atom is -0.381 e. The molecular formula is C24H31ClN6O3S. The van der Waals surface area contributed by atoms with Crippen molar-refractivity contribution in [3.05, 3.63) is 58.4 Å². The average molecular weight is 519 g/mol. The number of fused-ring (bicyclic) bond motifs is 1. The van der Waals surface area contributed by atoms with E-state index in [2.05, 4.69) is 10.0 Å². The van der Waals surface area contributed by atoms with E-state index in [1.165, 1.54) is 12.1 Å². The predicted octanol–water partition coefficient (Wildman–Crippen LogP) is 3.79. The van der Waals surface area contributed by atoms with E-state index < -0.39 is 10.0 Å². The maximum atomic E-state index is 13.7. The second kappa shape index (κ2) is 10.0. The van der Waals surface area contributed by atoms with Gasteiger partial charge in [-0.1, -0.05) is 11.6 Å². The van der Waals surface area contributed by atoms with Crippen LogP contribution in [0.2, 0.25) is 5.02 Å². The van der Waals surface area contributed by atoms with Crippen LogP contribution in [0.5, 0.6) is 0 Å². The zero-order valence-electron chi connectivity index (χ0n) is 20.1. The van der Waals surface area contributed by atoms with E-state index in [0.29, 0.717) is 18.1 Å². The van der Waals surface area contributed by atoms with Crippen molar-refractivity contribution in [3.63, 3.8) is 0 Å². The highest BCUT2D eigenvalue weighted by molar-refractivity contribution is 7.92. The molecule has 0 radical (unpaired) electrons. The summed E-state index contributed by atoms with van der Waals surface area (Å²) in [6, 6.07) is 8.52. The van der Waals surface area contributed by atoms with Gasteiger partial charge in [0, 0.05) is 36.0 Å². The van der Waals surface area contributed by atoms with Gasteiger partial charge in [-0.05, 0) is 69.0 Å². The molecule has 35 heavy (non-hydrogen) atoms. The van der Waals surface area contributed by atoms with Crippen LogP contribution in [0.3, 0.4) is 0 Å². The third-order valence-corrected chi connectivity index (χ3v) is 7.01. The number of nitrogens with two attached hydrogens (primary N) is 1. The van der Waals surface area contributed by atoms with Gasteiger partial charge in [-0.3, -0.25) is 9.52 Å². The molecule has 1 saturated heterocycles. The van der Waals surface area contributed by atoms with Crippen molar-refractivity contribution in [2.75, 3.05) is 29.4 Å². The lowest BCUT2D eigenvalue weighted by Crippen LogP contribution is -2.39. The van der Waals surface area contributed by atoms with Crippen molar-refractivity contribution in [1.82, 2.24) is 14.5 Å². The quantitative estimate of drug-likeness (QED) is 0.437. The lowest BCUT2D eigenvalue weighted by atomic mass is 9.97. The zero-order chi connectivity index (χ0) is 25.3. The SMILES string of the molecule is Cc1cn2nc([C@@H]3CCCCN3C(=O)c3cc(Cl)ccc3NS(C)(=O)=O)cc2cc1NC(C)CN. The second-order valence-corrected chi connectivity index (χ2v) is 11.3. The van der Waals surface area contributed by atoms with E-state index in [1.54, 1.807) is 11.0 Å². The third kappa shape index (κ3) is 5.71. The smallest absolute Gasteiger partial charge is 0.256 e. The molecule has 1 aliphatic heterocycles. The largest absolute Gasteiger partial charge is 0.381 e. The number of pyridine rings is 1. The summed E-state index contributed by atoms with van der Waals surface area (Å²) in [5.41, 5.74) is 9.94. The molecule has 1 amide bonds. The number of aryl methyl sites for hydroxylation is 1. The number of hydrogen-bond acceptors (Lipinski definition) is 6. The summed E-state index contributed by atoms with van der Waals surface area (Å²) in [5, 5.41) is 8.57. The average Bonchev–Trinajstić information content (AvgIpc) is 3.21. The number of likely N-dealkylation sites (tertiary alicyclic amines) is 1. The Morgan fingerprint density at radius 2 is 2.03 bits per heavy atom. The van der Waals surface area contributed by atoms with Gasteiger partial charge in [0.2, 0.25) is 10.0 Å². The zero-order valence-corrected chi connectivity index (χ0v) is 21.7. The Kier molecular flexibility index (Phi) is 7.25. The Balaban J connectivity index is 1.69. The minimum absolute atomic E-state index is 0.137. The molecule has 0 aliphatic carbocycles. The number of benzene rings is 1. The normalized spacial score (nSPS) is 17.4. The van der Waals surface area contributed by atoms with Crippen molar-refractivity contribution in [3.8, 4) is 0 Å². The van der Waals surface area contributed by atoms with Crippen molar-refractivity contribution < 1.29 is 13.2 Å². The fraction of sp³-hybridized carbons (Fsp3) is 0.417. The van der Waals surface area contributed by atoms with Crippen LogP contribution in [0, 0.1) is 6.92 Å². The summed E-state index contributed by atoms with van der Waals surface area (Å²) in [7, 11) is -3.57. The molecule has 1 fully saturated rings. The number of halogens is 1. The number of rotatable bonds is 7. The summed E-state index contributed by atoms with van der Waals surface area (Å²) in [4.78, 5) is 15.5. The number of amides is 1. The van der Waals surface area contributed by atoms with Gasteiger partial charge >= 0.3 is 0 Å². The fourth-order valence-corrected chi connectivity index (χ4v) is 5.17. The van der Waals surface area contributed by atoms with Crippen LogP contribution in [0.25, 0.3) is 5.52 Å². The molecule has 11 heteroatoms. The Morgan fingerprint density at radius 3 is 2.74 bits per heavy atom. The molecule has 9 nitrogen and oxygen atoms in total. The molecule has 0 bridgehead atoms. The standard InChI is InChI=1S/C24H31ClN6O3S/c1-15-14-31-18(11-21(15)27-16(2)13-26)12-22(28-31)23-6-4-5-9-30(23)24(32)19-10-17(25)7-8-20(19)29-35(3,33)34/h7-8,10-12,14,16,23,27,29H,4-6,9,13,26H2,1-3H3/t16?,23-/m0/s1. The second-order valence-electron chi connectivity index (χ2n) is 9.16. The summed E-state index contributed by atoms with van der Waals surface area (Å²) < 4.78 is 28.0.